The molecule has 1 aliphatic rings. The van der Waals surface area contributed by atoms with Crippen molar-refractivity contribution in [1.29, 1.82) is 0 Å². The Labute approximate surface area is 164 Å². The number of benzene rings is 3. The summed E-state index contributed by atoms with van der Waals surface area (Å²) in [4.78, 5) is 25.0. The molecule has 27 heavy (non-hydrogen) atoms. The fourth-order valence-corrected chi connectivity index (χ4v) is 3.07. The van der Waals surface area contributed by atoms with Crippen LogP contribution >= 0.6 is 23.2 Å². The molecule has 4 rings (SSSR count). The zero-order chi connectivity index (χ0) is 19.0. The number of carbonyl (C=O) groups excluding carboxylic acids is 2. The van der Waals surface area contributed by atoms with Crippen LogP contribution < -0.4 is 15.4 Å². The molecule has 7 heteroatoms. The molecule has 0 unspecified atom stereocenters. The van der Waals surface area contributed by atoms with Gasteiger partial charge in [-0.25, -0.2) is 0 Å². The van der Waals surface area contributed by atoms with Crippen molar-refractivity contribution in [3.63, 3.8) is 0 Å². The first-order valence-corrected chi connectivity index (χ1v) is 8.75. The second-order valence-electron chi connectivity index (χ2n) is 5.87. The van der Waals surface area contributed by atoms with Gasteiger partial charge in [0.2, 0.25) is 0 Å². The van der Waals surface area contributed by atoms with Crippen LogP contribution in [-0.4, -0.2) is 11.8 Å². The summed E-state index contributed by atoms with van der Waals surface area (Å²) in [5.41, 5.74) is 1.65. The van der Waals surface area contributed by atoms with E-state index in [1.54, 1.807) is 60.7 Å². The lowest BCUT2D eigenvalue weighted by atomic mass is 10.1. The highest BCUT2D eigenvalue weighted by Gasteiger charge is 2.22. The van der Waals surface area contributed by atoms with Gasteiger partial charge in [0, 0.05) is 21.3 Å². The maximum absolute atomic E-state index is 12.6. The number of hydrogen-bond donors (Lipinski definition) is 2. The molecule has 0 saturated heterocycles. The highest BCUT2D eigenvalue weighted by molar-refractivity contribution is 6.31. The molecule has 0 spiro atoms. The van der Waals surface area contributed by atoms with Gasteiger partial charge in [-0.15, -0.1) is 0 Å². The molecule has 0 aromatic heterocycles. The van der Waals surface area contributed by atoms with Gasteiger partial charge in [0.05, 0.1) is 11.3 Å². The Bertz CT molecular complexity index is 1080. The van der Waals surface area contributed by atoms with Crippen molar-refractivity contribution >= 4 is 46.4 Å². The SMILES string of the molecule is O=C(Nc1ccc2c(c1)C(=O)Nc1cc(Cl)ccc1O2)c1cccc(Cl)c1. The highest BCUT2D eigenvalue weighted by Crippen LogP contribution is 2.38. The van der Waals surface area contributed by atoms with Gasteiger partial charge < -0.3 is 15.4 Å². The maximum atomic E-state index is 12.6. The molecule has 5 nitrogen and oxygen atoms in total. The summed E-state index contributed by atoms with van der Waals surface area (Å²) < 4.78 is 5.82. The van der Waals surface area contributed by atoms with Crippen molar-refractivity contribution in [2.24, 2.45) is 0 Å². The van der Waals surface area contributed by atoms with Crippen molar-refractivity contribution in [3.05, 3.63) is 81.8 Å². The van der Waals surface area contributed by atoms with E-state index in [4.69, 9.17) is 27.9 Å². The molecule has 0 fully saturated rings. The molecule has 3 aromatic rings. The van der Waals surface area contributed by atoms with Crippen LogP contribution in [-0.2, 0) is 0 Å². The first-order valence-electron chi connectivity index (χ1n) is 7.99. The topological polar surface area (TPSA) is 67.4 Å². The zero-order valence-electron chi connectivity index (χ0n) is 13.8. The van der Waals surface area contributed by atoms with Crippen LogP contribution in [0, 0.1) is 0 Å². The van der Waals surface area contributed by atoms with Crippen LogP contribution in [0.3, 0.4) is 0 Å². The van der Waals surface area contributed by atoms with Gasteiger partial charge in [-0.3, -0.25) is 9.59 Å². The van der Waals surface area contributed by atoms with Gasteiger partial charge in [0.1, 0.15) is 5.75 Å². The molecule has 134 valence electrons. The summed E-state index contributed by atoms with van der Waals surface area (Å²) >= 11 is 11.9. The Kier molecular flexibility index (Phi) is 4.48. The van der Waals surface area contributed by atoms with Crippen molar-refractivity contribution in [1.82, 2.24) is 0 Å². The molecule has 0 radical (unpaired) electrons. The summed E-state index contributed by atoms with van der Waals surface area (Å²) in [5, 5.41) is 6.46. The monoisotopic (exact) mass is 398 g/mol. The first-order chi connectivity index (χ1) is 13.0. The molecule has 1 heterocycles. The van der Waals surface area contributed by atoms with E-state index in [-0.39, 0.29) is 11.8 Å². The predicted molar refractivity (Wildman–Crippen MR) is 105 cm³/mol. The lowest BCUT2D eigenvalue weighted by Gasteiger charge is -2.10. The quantitative estimate of drug-likeness (QED) is 0.589. The molecule has 0 bridgehead atoms. The van der Waals surface area contributed by atoms with Crippen molar-refractivity contribution in [2.45, 2.75) is 0 Å². The van der Waals surface area contributed by atoms with E-state index in [0.29, 0.717) is 44.0 Å². The van der Waals surface area contributed by atoms with E-state index < -0.39 is 0 Å². The van der Waals surface area contributed by atoms with Gasteiger partial charge in [-0.05, 0) is 54.6 Å². The van der Waals surface area contributed by atoms with E-state index in [2.05, 4.69) is 10.6 Å². The van der Waals surface area contributed by atoms with E-state index in [1.807, 2.05) is 0 Å². The molecule has 2 amide bonds. The van der Waals surface area contributed by atoms with E-state index in [9.17, 15) is 9.59 Å². The maximum Gasteiger partial charge on any atom is 0.259 e. The lowest BCUT2D eigenvalue weighted by molar-refractivity contribution is 0.101. The van der Waals surface area contributed by atoms with Gasteiger partial charge >= 0.3 is 0 Å². The number of rotatable bonds is 2. The number of ether oxygens (including phenoxy) is 1. The Morgan fingerprint density at radius 2 is 1.70 bits per heavy atom. The third kappa shape index (κ3) is 3.60. The minimum atomic E-state index is -0.357. The van der Waals surface area contributed by atoms with Crippen molar-refractivity contribution in [2.75, 3.05) is 10.6 Å². The number of anilines is 2. The van der Waals surface area contributed by atoms with Crippen molar-refractivity contribution in [3.8, 4) is 11.5 Å². The summed E-state index contributed by atoms with van der Waals surface area (Å²) in [6, 6.07) is 16.4. The molecule has 0 atom stereocenters. The van der Waals surface area contributed by atoms with E-state index >= 15 is 0 Å². The fraction of sp³-hybridized carbons (Fsp3) is 0. The van der Waals surface area contributed by atoms with Gasteiger partial charge in [-0.2, -0.15) is 0 Å². The predicted octanol–water partition coefficient (Wildman–Crippen LogP) is 5.60. The molecule has 3 aromatic carbocycles. The Hall–Kier alpha value is -3.02. The Balaban J connectivity index is 1.63. The number of carbonyl (C=O) groups is 2. The Morgan fingerprint density at radius 3 is 2.52 bits per heavy atom. The van der Waals surface area contributed by atoms with Gasteiger partial charge in [0.15, 0.2) is 5.75 Å². The zero-order valence-corrected chi connectivity index (χ0v) is 15.3. The number of fused-ring (bicyclic) bond motifs is 2. The smallest absolute Gasteiger partial charge is 0.259 e. The largest absolute Gasteiger partial charge is 0.454 e. The molecule has 1 aliphatic heterocycles. The van der Waals surface area contributed by atoms with Crippen LogP contribution in [0.15, 0.2) is 60.7 Å². The number of halogens is 2. The van der Waals surface area contributed by atoms with Gasteiger partial charge in [0.25, 0.3) is 11.8 Å². The van der Waals surface area contributed by atoms with Crippen LogP contribution in [0.1, 0.15) is 20.7 Å². The summed E-state index contributed by atoms with van der Waals surface area (Å²) in [6.45, 7) is 0. The third-order valence-corrected chi connectivity index (χ3v) is 4.45. The first kappa shape index (κ1) is 17.4. The van der Waals surface area contributed by atoms with Crippen LogP contribution in [0.4, 0.5) is 11.4 Å². The van der Waals surface area contributed by atoms with Crippen LogP contribution in [0.25, 0.3) is 0 Å². The minimum Gasteiger partial charge on any atom is -0.454 e. The van der Waals surface area contributed by atoms with Gasteiger partial charge in [-0.1, -0.05) is 29.3 Å². The third-order valence-electron chi connectivity index (χ3n) is 3.98. The van der Waals surface area contributed by atoms with Crippen LogP contribution in [0.5, 0.6) is 11.5 Å². The molecule has 0 aliphatic carbocycles. The fourth-order valence-electron chi connectivity index (χ4n) is 2.70. The molecular formula is C20H12Cl2N2O3. The number of nitrogens with one attached hydrogen (secondary N) is 2. The second-order valence-corrected chi connectivity index (χ2v) is 6.74. The summed E-state index contributed by atoms with van der Waals surface area (Å²) in [7, 11) is 0. The normalized spacial score (nSPS) is 12.1. The molecule has 2 N–H and O–H groups in total. The average Bonchev–Trinajstić information content (AvgIpc) is 2.77. The summed E-state index contributed by atoms with van der Waals surface area (Å²) in [6.07, 6.45) is 0. The van der Waals surface area contributed by atoms with Crippen molar-refractivity contribution < 1.29 is 14.3 Å². The molecule has 0 saturated carbocycles. The van der Waals surface area contributed by atoms with E-state index in [1.165, 1.54) is 0 Å². The van der Waals surface area contributed by atoms with E-state index in [0.717, 1.165) is 0 Å². The minimum absolute atomic E-state index is 0.297. The highest BCUT2D eigenvalue weighted by atomic mass is 35.5. The van der Waals surface area contributed by atoms with Crippen LogP contribution in [0.2, 0.25) is 10.0 Å². The lowest BCUT2D eigenvalue weighted by Crippen LogP contribution is -2.14. The molecular weight excluding hydrogens is 387 g/mol. The standard InChI is InChI=1S/C20H12Cl2N2O3/c21-12-3-1-2-11(8-12)19(25)23-14-5-7-17-15(10-14)20(26)24-16-9-13(22)4-6-18(16)27-17/h1-10H,(H,23,25)(H,24,26). The average molecular weight is 399 g/mol. The second kappa shape index (κ2) is 6.95. The Morgan fingerprint density at radius 1 is 0.926 bits per heavy atom. The number of amides is 2. The number of hydrogen-bond acceptors (Lipinski definition) is 3. The summed E-state index contributed by atoms with van der Waals surface area (Å²) in [5.74, 6) is 0.184.